The second-order valence-corrected chi connectivity index (χ2v) is 9.94. The Kier molecular flexibility index (Phi) is 5.32. The number of fused-ring (bicyclic) bond motifs is 4. The van der Waals surface area contributed by atoms with Gasteiger partial charge < -0.3 is 9.84 Å². The summed E-state index contributed by atoms with van der Waals surface area (Å²) in [5, 5.41) is 9.27. The summed E-state index contributed by atoms with van der Waals surface area (Å²) in [6.45, 7) is -0.108. The molecule has 6 rings (SSSR count). The number of alkyl halides is 3. The predicted molar refractivity (Wildman–Crippen MR) is 122 cm³/mol. The number of carboxylic acids is 1. The Morgan fingerprint density at radius 3 is 2.67 bits per heavy atom. The summed E-state index contributed by atoms with van der Waals surface area (Å²) in [5.74, 6) is -1.62. The first-order chi connectivity index (χ1) is 17.2. The molecule has 1 saturated carbocycles. The smallest absolute Gasteiger partial charge is 0.416 e. The number of carbonyl (C=O) groups is 1. The van der Waals surface area contributed by atoms with Crippen molar-refractivity contribution in [1.82, 2.24) is 4.98 Å². The maximum Gasteiger partial charge on any atom is 0.416 e. The first kappa shape index (κ1) is 23.0. The van der Waals surface area contributed by atoms with E-state index in [1.165, 1.54) is 18.2 Å². The number of rotatable bonds is 5. The maximum atomic E-state index is 14.9. The molecule has 8 heteroatoms. The van der Waals surface area contributed by atoms with Crippen LogP contribution in [0.4, 0.5) is 17.6 Å². The topological polar surface area (TPSA) is 59.4 Å². The molecular formula is C28H23F4NO3. The van der Waals surface area contributed by atoms with E-state index in [2.05, 4.69) is 4.98 Å². The van der Waals surface area contributed by atoms with Crippen molar-refractivity contribution in [3.63, 3.8) is 0 Å². The number of pyridine rings is 1. The molecule has 0 radical (unpaired) electrons. The summed E-state index contributed by atoms with van der Waals surface area (Å²) < 4.78 is 61.8. The SMILES string of the molecule is O=C(O)C1C2Cc3cc(OCc4cc5c(cc4F)CCCC5c4ccccc4C(F)(F)F)ncc3C21. The number of hydrogen-bond acceptors (Lipinski definition) is 3. The van der Waals surface area contributed by atoms with Crippen molar-refractivity contribution in [2.24, 2.45) is 11.8 Å². The number of carboxylic acid groups (broad SMARTS) is 1. The second-order valence-electron chi connectivity index (χ2n) is 9.94. The van der Waals surface area contributed by atoms with Crippen LogP contribution in [0.1, 0.15) is 63.6 Å². The highest BCUT2D eigenvalue weighted by Crippen LogP contribution is 2.61. The molecule has 0 aliphatic heterocycles. The maximum absolute atomic E-state index is 14.9. The van der Waals surface area contributed by atoms with Crippen molar-refractivity contribution >= 4 is 5.97 Å². The van der Waals surface area contributed by atoms with Gasteiger partial charge in [0.05, 0.1) is 11.5 Å². The van der Waals surface area contributed by atoms with Crippen molar-refractivity contribution < 1.29 is 32.2 Å². The molecular weight excluding hydrogens is 474 g/mol. The Labute approximate surface area is 204 Å². The number of ether oxygens (including phenoxy) is 1. The molecule has 36 heavy (non-hydrogen) atoms. The van der Waals surface area contributed by atoms with E-state index in [1.54, 1.807) is 24.4 Å². The molecule has 186 valence electrons. The lowest BCUT2D eigenvalue weighted by Crippen LogP contribution is -2.18. The Balaban J connectivity index is 1.25. The molecule has 1 aromatic heterocycles. The minimum Gasteiger partial charge on any atom is -0.481 e. The van der Waals surface area contributed by atoms with Gasteiger partial charge in [-0.2, -0.15) is 13.2 Å². The van der Waals surface area contributed by atoms with Crippen LogP contribution >= 0.6 is 0 Å². The van der Waals surface area contributed by atoms with E-state index in [4.69, 9.17) is 4.74 Å². The summed E-state index contributed by atoms with van der Waals surface area (Å²) in [4.78, 5) is 15.6. The van der Waals surface area contributed by atoms with Crippen molar-refractivity contribution in [3.8, 4) is 5.88 Å². The Morgan fingerprint density at radius 1 is 1.08 bits per heavy atom. The Hall–Kier alpha value is -3.42. The zero-order chi connectivity index (χ0) is 25.2. The van der Waals surface area contributed by atoms with Gasteiger partial charge in [0.2, 0.25) is 5.88 Å². The van der Waals surface area contributed by atoms with Gasteiger partial charge >= 0.3 is 12.1 Å². The van der Waals surface area contributed by atoms with Gasteiger partial charge in [-0.15, -0.1) is 0 Å². The highest BCUT2D eigenvalue weighted by molar-refractivity contribution is 5.77. The van der Waals surface area contributed by atoms with Crippen LogP contribution < -0.4 is 4.74 Å². The summed E-state index contributed by atoms with van der Waals surface area (Å²) in [6, 6.07) is 10.4. The van der Waals surface area contributed by atoms with Crippen LogP contribution in [0.3, 0.4) is 0 Å². The average Bonchev–Trinajstić information content (AvgIpc) is 3.44. The molecule has 0 amide bonds. The molecule has 4 nitrogen and oxygen atoms in total. The lowest BCUT2D eigenvalue weighted by atomic mass is 9.77. The van der Waals surface area contributed by atoms with Crippen molar-refractivity contribution in [2.45, 2.75) is 50.3 Å². The number of halogens is 4. The third kappa shape index (κ3) is 3.83. The normalized spacial score (nSPS) is 24.0. The van der Waals surface area contributed by atoms with E-state index in [1.807, 2.05) is 0 Å². The predicted octanol–water partition coefficient (Wildman–Crippen LogP) is 6.26. The summed E-state index contributed by atoms with van der Waals surface area (Å²) in [6.07, 6.45) is -0.315. The van der Waals surface area contributed by atoms with E-state index in [0.29, 0.717) is 37.1 Å². The van der Waals surface area contributed by atoms with Gasteiger partial charge in [-0.1, -0.05) is 18.2 Å². The zero-order valence-electron chi connectivity index (χ0n) is 19.2. The van der Waals surface area contributed by atoms with Gasteiger partial charge in [-0.3, -0.25) is 4.79 Å². The monoisotopic (exact) mass is 497 g/mol. The first-order valence-electron chi connectivity index (χ1n) is 12.0. The molecule has 3 aliphatic carbocycles. The number of aromatic nitrogens is 1. The van der Waals surface area contributed by atoms with Crippen LogP contribution in [0.5, 0.6) is 5.88 Å². The van der Waals surface area contributed by atoms with E-state index in [0.717, 1.165) is 22.8 Å². The van der Waals surface area contributed by atoms with Crippen molar-refractivity contribution in [1.29, 1.82) is 0 Å². The van der Waals surface area contributed by atoms with Gasteiger partial charge in [-0.25, -0.2) is 9.37 Å². The summed E-state index contributed by atoms with van der Waals surface area (Å²) >= 11 is 0. The fraction of sp³-hybridized carbons (Fsp3) is 0.357. The summed E-state index contributed by atoms with van der Waals surface area (Å²) in [5.41, 5.74) is 3.19. The van der Waals surface area contributed by atoms with Gasteiger partial charge in [-0.05, 0) is 77.6 Å². The van der Waals surface area contributed by atoms with E-state index < -0.39 is 29.4 Å². The van der Waals surface area contributed by atoms with Crippen LogP contribution in [-0.2, 0) is 30.4 Å². The third-order valence-corrected chi connectivity index (χ3v) is 7.91. The van der Waals surface area contributed by atoms with Crippen molar-refractivity contribution in [2.75, 3.05) is 0 Å². The molecule has 4 unspecified atom stereocenters. The van der Waals surface area contributed by atoms with Crippen LogP contribution in [0.2, 0.25) is 0 Å². The van der Waals surface area contributed by atoms with Crippen molar-refractivity contribution in [3.05, 3.63) is 93.4 Å². The van der Waals surface area contributed by atoms with E-state index in [9.17, 15) is 27.5 Å². The standard InChI is InChI=1S/C28H23F4NO3/c29-23-10-14-4-3-6-17(18-5-1-2-7-22(18)28(30,31)32)19(14)9-16(23)13-36-24-11-15-8-20-25(21(15)12-33-24)26(20)27(34)35/h1-2,5,7,9-12,17,20,25-26H,3-4,6,8,13H2,(H,34,35). The minimum atomic E-state index is -4.47. The molecule has 1 fully saturated rings. The molecule has 0 saturated heterocycles. The number of aliphatic carboxylic acids is 1. The zero-order valence-corrected chi connectivity index (χ0v) is 19.2. The number of hydrogen-bond donors (Lipinski definition) is 1. The molecule has 3 aliphatic rings. The van der Waals surface area contributed by atoms with E-state index >= 15 is 0 Å². The number of benzene rings is 2. The Bertz CT molecular complexity index is 1370. The number of aryl methyl sites for hydroxylation is 1. The van der Waals surface area contributed by atoms with Crippen LogP contribution in [-0.4, -0.2) is 16.1 Å². The lowest BCUT2D eigenvalue weighted by molar-refractivity contribution is -0.139. The number of nitrogens with zero attached hydrogens (tertiary/aromatic N) is 1. The molecule has 1 N–H and O–H groups in total. The quantitative estimate of drug-likeness (QED) is 0.423. The minimum absolute atomic E-state index is 0.00801. The van der Waals surface area contributed by atoms with E-state index in [-0.39, 0.29) is 35.5 Å². The fourth-order valence-corrected chi connectivity index (χ4v) is 6.20. The first-order valence-corrected chi connectivity index (χ1v) is 12.0. The van der Waals surface area contributed by atoms with Crippen LogP contribution in [0.15, 0.2) is 48.7 Å². The summed E-state index contributed by atoms with van der Waals surface area (Å²) in [7, 11) is 0. The molecule has 3 aromatic rings. The fourth-order valence-electron chi connectivity index (χ4n) is 6.20. The second kappa shape index (κ2) is 8.32. The molecule has 1 heterocycles. The van der Waals surface area contributed by atoms with Gasteiger partial charge in [0.15, 0.2) is 0 Å². The highest BCUT2D eigenvalue weighted by Gasteiger charge is 2.60. The van der Waals surface area contributed by atoms with Gasteiger partial charge in [0.25, 0.3) is 0 Å². The molecule has 2 aromatic carbocycles. The molecule has 0 spiro atoms. The lowest BCUT2D eigenvalue weighted by Gasteiger charge is -2.29. The average molecular weight is 497 g/mol. The molecule has 4 atom stereocenters. The van der Waals surface area contributed by atoms with Gasteiger partial charge in [0.1, 0.15) is 12.4 Å². The van der Waals surface area contributed by atoms with Crippen LogP contribution in [0.25, 0.3) is 0 Å². The highest BCUT2D eigenvalue weighted by atomic mass is 19.4. The molecule has 0 bridgehead atoms. The van der Waals surface area contributed by atoms with Gasteiger partial charge in [0, 0.05) is 29.7 Å². The van der Waals surface area contributed by atoms with Crippen LogP contribution in [0, 0.1) is 17.7 Å². The Morgan fingerprint density at radius 2 is 1.89 bits per heavy atom. The third-order valence-electron chi connectivity index (χ3n) is 7.91. The largest absolute Gasteiger partial charge is 0.481 e.